The summed E-state index contributed by atoms with van der Waals surface area (Å²) in [4.78, 5) is 38.9. The number of allylic oxidation sites excluding steroid dienone is 1. The van der Waals surface area contributed by atoms with E-state index >= 15 is 0 Å². The number of hydrogen-bond acceptors (Lipinski definition) is 7. The number of nitrogens with one attached hydrogen (secondary N) is 2. The third-order valence-electron chi connectivity index (χ3n) is 5.85. The Bertz CT molecular complexity index is 1530. The number of carbonyl (C=O) groups excluding carboxylic acids is 1. The third kappa shape index (κ3) is 4.08. The molecule has 1 aliphatic heterocycles. The maximum Gasteiger partial charge on any atom is 0.278 e. The molecule has 0 saturated carbocycles. The third-order valence-corrected chi connectivity index (χ3v) is 5.85. The van der Waals surface area contributed by atoms with Crippen LogP contribution in [0.1, 0.15) is 35.5 Å². The van der Waals surface area contributed by atoms with Crippen molar-refractivity contribution in [3.05, 3.63) is 82.4 Å². The molecule has 0 aliphatic carbocycles. The number of benzene rings is 1. The Morgan fingerprint density at radius 3 is 2.83 bits per heavy atom. The van der Waals surface area contributed by atoms with Crippen LogP contribution in [0, 0.1) is 0 Å². The van der Waals surface area contributed by atoms with Crippen molar-refractivity contribution in [2.75, 3.05) is 11.9 Å². The summed E-state index contributed by atoms with van der Waals surface area (Å²) in [6.07, 6.45) is 3.86. The lowest BCUT2D eigenvalue weighted by molar-refractivity contribution is 0.0737. The van der Waals surface area contributed by atoms with Crippen LogP contribution >= 0.6 is 0 Å². The predicted molar refractivity (Wildman–Crippen MR) is 132 cm³/mol. The van der Waals surface area contributed by atoms with Crippen molar-refractivity contribution in [1.82, 2.24) is 29.6 Å². The fourth-order valence-corrected chi connectivity index (χ4v) is 4.11. The van der Waals surface area contributed by atoms with Crippen LogP contribution in [0.2, 0.25) is 0 Å². The Labute approximate surface area is 201 Å². The highest BCUT2D eigenvalue weighted by Crippen LogP contribution is 2.23. The van der Waals surface area contributed by atoms with Gasteiger partial charge in [-0.05, 0) is 50.1 Å². The number of carbonyl (C=O) groups is 1. The van der Waals surface area contributed by atoms with E-state index in [1.54, 1.807) is 48.9 Å². The SMILES string of the molecule is C=CCn1c(=O)c2cnc(Nc3ccc4c(c3)C(=O)NCC4)nc2n1-c1cccc(C(C)(C)O)n1. The van der Waals surface area contributed by atoms with Gasteiger partial charge in [0.15, 0.2) is 11.5 Å². The van der Waals surface area contributed by atoms with Gasteiger partial charge in [0.1, 0.15) is 11.0 Å². The van der Waals surface area contributed by atoms with Crippen molar-refractivity contribution in [3.8, 4) is 5.82 Å². The number of hydrogen-bond donors (Lipinski definition) is 3. The molecule has 4 aromatic rings. The van der Waals surface area contributed by atoms with Crippen LogP contribution in [0.25, 0.3) is 16.9 Å². The van der Waals surface area contributed by atoms with Gasteiger partial charge in [-0.15, -0.1) is 6.58 Å². The highest BCUT2D eigenvalue weighted by atomic mass is 16.3. The fraction of sp³-hybridized carbons (Fsp3) is 0.240. The molecule has 3 N–H and O–H groups in total. The van der Waals surface area contributed by atoms with Crippen molar-refractivity contribution in [3.63, 3.8) is 0 Å². The second-order valence-corrected chi connectivity index (χ2v) is 8.86. The molecule has 0 saturated heterocycles. The first-order valence-corrected chi connectivity index (χ1v) is 11.2. The maximum atomic E-state index is 13.1. The van der Waals surface area contributed by atoms with Gasteiger partial charge in [-0.25, -0.2) is 19.3 Å². The van der Waals surface area contributed by atoms with Crippen LogP contribution in [0.3, 0.4) is 0 Å². The minimum absolute atomic E-state index is 0.112. The van der Waals surface area contributed by atoms with Gasteiger partial charge < -0.3 is 15.7 Å². The first-order chi connectivity index (χ1) is 16.8. The Morgan fingerprint density at radius 1 is 1.23 bits per heavy atom. The van der Waals surface area contributed by atoms with Gasteiger partial charge in [0.05, 0.1) is 12.2 Å². The van der Waals surface area contributed by atoms with E-state index in [-0.39, 0.29) is 24.0 Å². The van der Waals surface area contributed by atoms with Crippen molar-refractivity contribution >= 4 is 28.6 Å². The van der Waals surface area contributed by atoms with Gasteiger partial charge in [-0.2, -0.15) is 4.98 Å². The van der Waals surface area contributed by atoms with E-state index in [0.717, 1.165) is 12.0 Å². The molecule has 1 aromatic carbocycles. The van der Waals surface area contributed by atoms with E-state index in [1.165, 1.54) is 10.9 Å². The van der Waals surface area contributed by atoms with Crippen LogP contribution in [0.15, 0.2) is 60.0 Å². The van der Waals surface area contributed by atoms with Gasteiger partial charge in [0.2, 0.25) is 5.95 Å². The van der Waals surface area contributed by atoms with Crippen molar-refractivity contribution in [2.45, 2.75) is 32.4 Å². The van der Waals surface area contributed by atoms with Gasteiger partial charge >= 0.3 is 0 Å². The number of fused-ring (bicyclic) bond motifs is 2. The molecule has 4 heterocycles. The summed E-state index contributed by atoms with van der Waals surface area (Å²) in [5.74, 6) is 0.574. The first kappa shape index (κ1) is 22.5. The van der Waals surface area contributed by atoms with E-state index in [2.05, 4.69) is 32.2 Å². The quantitative estimate of drug-likeness (QED) is 0.369. The molecule has 3 aromatic heterocycles. The Morgan fingerprint density at radius 2 is 2.06 bits per heavy atom. The summed E-state index contributed by atoms with van der Waals surface area (Å²) in [6, 6.07) is 10.8. The van der Waals surface area contributed by atoms with Gasteiger partial charge in [-0.1, -0.05) is 18.2 Å². The highest BCUT2D eigenvalue weighted by molar-refractivity contribution is 5.97. The van der Waals surface area contributed by atoms with Crippen LogP contribution in [0.4, 0.5) is 11.6 Å². The predicted octanol–water partition coefficient (Wildman–Crippen LogP) is 2.42. The minimum Gasteiger partial charge on any atom is -0.384 e. The van der Waals surface area contributed by atoms with Crippen molar-refractivity contribution in [1.29, 1.82) is 0 Å². The molecule has 0 fully saturated rings. The van der Waals surface area contributed by atoms with Gasteiger partial charge in [-0.3, -0.25) is 9.59 Å². The standard InChI is InChI=1S/C25H25N7O3/c1-4-12-31-23(34)18-14-27-24(28-16-9-8-15-10-11-26-22(33)17(15)13-16)30-21(18)32(31)20-7-5-6-19(29-20)25(2,3)35/h4-9,13-14,35H,1,10-12H2,2-3H3,(H,26,33)(H,27,28,30). The molecule has 10 nitrogen and oxygen atoms in total. The second kappa shape index (κ2) is 8.48. The molecule has 1 amide bonds. The van der Waals surface area contributed by atoms with Crippen LogP contribution in [0.5, 0.6) is 0 Å². The van der Waals surface area contributed by atoms with Crippen LogP contribution in [-0.4, -0.2) is 41.9 Å². The molecule has 35 heavy (non-hydrogen) atoms. The number of nitrogens with zero attached hydrogens (tertiary/aromatic N) is 5. The number of amides is 1. The number of aromatic nitrogens is 5. The maximum absolute atomic E-state index is 13.1. The molecular weight excluding hydrogens is 446 g/mol. The average molecular weight is 472 g/mol. The number of aliphatic hydroxyl groups is 1. The zero-order valence-corrected chi connectivity index (χ0v) is 19.4. The van der Waals surface area contributed by atoms with E-state index in [1.807, 2.05) is 12.1 Å². The lowest BCUT2D eigenvalue weighted by Gasteiger charge is -2.18. The summed E-state index contributed by atoms with van der Waals surface area (Å²) >= 11 is 0. The van der Waals surface area contributed by atoms with Gasteiger partial charge in [0, 0.05) is 24.0 Å². The number of anilines is 2. The zero-order chi connectivity index (χ0) is 24.7. The minimum atomic E-state index is -1.16. The lowest BCUT2D eigenvalue weighted by Crippen LogP contribution is -2.31. The summed E-state index contributed by atoms with van der Waals surface area (Å²) in [5, 5.41) is 16.7. The number of rotatable bonds is 6. The molecule has 0 bridgehead atoms. The Balaban J connectivity index is 1.62. The van der Waals surface area contributed by atoms with E-state index in [0.29, 0.717) is 40.3 Å². The molecule has 0 unspecified atom stereocenters. The molecule has 0 spiro atoms. The lowest BCUT2D eigenvalue weighted by atomic mass is 10.00. The number of pyridine rings is 1. The van der Waals surface area contributed by atoms with Crippen molar-refractivity contribution in [2.24, 2.45) is 0 Å². The van der Waals surface area contributed by atoms with Crippen molar-refractivity contribution < 1.29 is 9.90 Å². The van der Waals surface area contributed by atoms with E-state index in [4.69, 9.17) is 0 Å². The topological polar surface area (TPSA) is 127 Å². The first-order valence-electron chi connectivity index (χ1n) is 11.2. The van der Waals surface area contributed by atoms with Gasteiger partial charge in [0.25, 0.3) is 11.5 Å². The fourth-order valence-electron chi connectivity index (χ4n) is 4.11. The highest BCUT2D eigenvalue weighted by Gasteiger charge is 2.22. The summed E-state index contributed by atoms with van der Waals surface area (Å²) in [7, 11) is 0. The smallest absolute Gasteiger partial charge is 0.278 e. The zero-order valence-electron chi connectivity index (χ0n) is 19.4. The van der Waals surface area contributed by atoms with Crippen LogP contribution in [-0.2, 0) is 18.6 Å². The van der Waals surface area contributed by atoms with Crippen LogP contribution < -0.4 is 16.2 Å². The van der Waals surface area contributed by atoms with E-state index < -0.39 is 5.60 Å². The monoisotopic (exact) mass is 471 g/mol. The molecule has 0 radical (unpaired) electrons. The summed E-state index contributed by atoms with van der Waals surface area (Å²) < 4.78 is 3.07. The Kier molecular flexibility index (Phi) is 5.45. The largest absolute Gasteiger partial charge is 0.384 e. The summed E-state index contributed by atoms with van der Waals surface area (Å²) in [5.41, 5.74) is 1.62. The average Bonchev–Trinajstić information content (AvgIpc) is 3.10. The van der Waals surface area contributed by atoms with E-state index in [9.17, 15) is 14.7 Å². The summed E-state index contributed by atoms with van der Waals surface area (Å²) in [6.45, 7) is 7.90. The Hall–Kier alpha value is -4.31. The molecule has 0 atom stereocenters. The normalized spacial score (nSPS) is 13.4. The molecule has 178 valence electrons. The second-order valence-electron chi connectivity index (χ2n) is 8.86. The molecule has 10 heteroatoms. The molecular formula is C25H25N7O3. The molecule has 1 aliphatic rings. The molecule has 5 rings (SSSR count).